The van der Waals surface area contributed by atoms with Gasteiger partial charge in [-0.3, -0.25) is 0 Å². The van der Waals surface area contributed by atoms with Gasteiger partial charge in [0.2, 0.25) is 0 Å². The number of rotatable bonds is 6. The van der Waals surface area contributed by atoms with Crippen LogP contribution in [0.3, 0.4) is 0 Å². The Morgan fingerprint density at radius 3 is 2.07 bits per heavy atom. The van der Waals surface area contributed by atoms with Crippen LogP contribution in [0.15, 0.2) is 0 Å². The van der Waals surface area contributed by atoms with Crippen molar-refractivity contribution in [3.63, 3.8) is 0 Å². The lowest BCUT2D eigenvalue weighted by atomic mass is 10.3. The third-order valence-electron chi connectivity index (χ3n) is 1.75. The maximum absolute atomic E-state index is 11.8. The van der Waals surface area contributed by atoms with E-state index in [0.29, 0.717) is 0 Å². The van der Waals surface area contributed by atoms with E-state index in [1.165, 1.54) is 14.2 Å². The summed E-state index contributed by atoms with van der Waals surface area (Å²) in [5.74, 6) is 0. The monoisotopic (exact) mass is 215 g/mol. The average molecular weight is 215 g/mol. The molecule has 0 amide bonds. The molecule has 0 aliphatic heterocycles. The van der Waals surface area contributed by atoms with Crippen LogP contribution in [-0.4, -0.2) is 39.3 Å². The Balaban J connectivity index is 3.67. The molecule has 0 rings (SSSR count). The third-order valence-corrected chi connectivity index (χ3v) is 1.75. The van der Waals surface area contributed by atoms with Crippen LogP contribution in [0.25, 0.3) is 0 Å². The standard InChI is InChI=1S/C8H16F3NO2/c1-6(7(13-2)14-3)12-5-4-8(9,10)11/h6-7,12H,4-5H2,1-3H3. The fraction of sp³-hybridized carbons (Fsp3) is 1.00. The first kappa shape index (κ1) is 13.7. The molecule has 0 aliphatic rings. The zero-order chi connectivity index (χ0) is 11.2. The summed E-state index contributed by atoms with van der Waals surface area (Å²) in [6, 6.07) is -0.271. The van der Waals surface area contributed by atoms with Gasteiger partial charge in [0, 0.05) is 20.8 Å². The van der Waals surface area contributed by atoms with Crippen molar-refractivity contribution in [3.05, 3.63) is 0 Å². The number of hydrogen-bond donors (Lipinski definition) is 1. The molecule has 6 heteroatoms. The molecule has 0 saturated heterocycles. The van der Waals surface area contributed by atoms with Crippen LogP contribution in [0.1, 0.15) is 13.3 Å². The highest BCUT2D eigenvalue weighted by Gasteiger charge is 2.27. The minimum Gasteiger partial charge on any atom is -0.354 e. The number of halogens is 3. The molecule has 3 nitrogen and oxygen atoms in total. The minimum atomic E-state index is -4.12. The first-order valence-corrected chi connectivity index (χ1v) is 4.26. The molecule has 0 heterocycles. The van der Waals surface area contributed by atoms with Crippen molar-refractivity contribution < 1.29 is 22.6 Å². The molecule has 0 aromatic heterocycles. The molecule has 0 aromatic carbocycles. The molecular weight excluding hydrogens is 199 g/mol. The highest BCUT2D eigenvalue weighted by atomic mass is 19.4. The van der Waals surface area contributed by atoms with Gasteiger partial charge in [0.05, 0.1) is 12.5 Å². The van der Waals surface area contributed by atoms with Gasteiger partial charge in [0.1, 0.15) is 0 Å². The molecule has 86 valence electrons. The van der Waals surface area contributed by atoms with Gasteiger partial charge in [0.15, 0.2) is 6.29 Å². The molecule has 14 heavy (non-hydrogen) atoms. The number of alkyl halides is 3. The van der Waals surface area contributed by atoms with Crippen LogP contribution in [0, 0.1) is 0 Å². The predicted molar refractivity (Wildman–Crippen MR) is 45.9 cm³/mol. The van der Waals surface area contributed by atoms with Gasteiger partial charge in [0.25, 0.3) is 0 Å². The van der Waals surface area contributed by atoms with Crippen LogP contribution < -0.4 is 5.32 Å². The van der Waals surface area contributed by atoms with Crippen LogP contribution in [0.5, 0.6) is 0 Å². The van der Waals surface area contributed by atoms with Crippen molar-refractivity contribution in [1.82, 2.24) is 5.32 Å². The highest BCUT2D eigenvalue weighted by Crippen LogP contribution is 2.18. The second-order valence-corrected chi connectivity index (χ2v) is 2.95. The van der Waals surface area contributed by atoms with Gasteiger partial charge in [-0.15, -0.1) is 0 Å². The first-order chi connectivity index (χ1) is 6.40. The molecule has 0 aliphatic carbocycles. The fourth-order valence-electron chi connectivity index (χ4n) is 1.04. The highest BCUT2D eigenvalue weighted by molar-refractivity contribution is 4.65. The number of ether oxygens (including phenoxy) is 2. The second kappa shape index (κ2) is 6.21. The summed E-state index contributed by atoms with van der Waals surface area (Å²) in [5, 5.41) is 2.67. The molecule has 0 fully saturated rings. The van der Waals surface area contributed by atoms with Crippen molar-refractivity contribution in [1.29, 1.82) is 0 Å². The lowest BCUT2D eigenvalue weighted by molar-refractivity contribution is -0.139. The maximum atomic E-state index is 11.8. The molecule has 0 aromatic rings. The summed E-state index contributed by atoms with van der Waals surface area (Å²) in [4.78, 5) is 0. The number of hydrogen-bond acceptors (Lipinski definition) is 3. The van der Waals surface area contributed by atoms with Crippen molar-refractivity contribution in [2.75, 3.05) is 20.8 Å². The predicted octanol–water partition coefficient (Wildman–Crippen LogP) is 1.54. The zero-order valence-electron chi connectivity index (χ0n) is 8.52. The minimum absolute atomic E-state index is 0.131. The van der Waals surface area contributed by atoms with E-state index < -0.39 is 18.9 Å². The van der Waals surface area contributed by atoms with Gasteiger partial charge < -0.3 is 14.8 Å². The topological polar surface area (TPSA) is 30.5 Å². The normalized spacial score (nSPS) is 14.8. The molecular formula is C8H16F3NO2. The Morgan fingerprint density at radius 1 is 1.21 bits per heavy atom. The summed E-state index contributed by atoms with van der Waals surface area (Å²) in [6.07, 6.45) is -5.50. The van der Waals surface area contributed by atoms with Gasteiger partial charge in [-0.1, -0.05) is 0 Å². The summed E-state index contributed by atoms with van der Waals surface area (Å²) in [5.41, 5.74) is 0. The quantitative estimate of drug-likeness (QED) is 0.682. The SMILES string of the molecule is COC(OC)C(C)NCCC(F)(F)F. The average Bonchev–Trinajstić information content (AvgIpc) is 2.04. The van der Waals surface area contributed by atoms with Crippen LogP contribution in [-0.2, 0) is 9.47 Å². The van der Waals surface area contributed by atoms with E-state index in [0.717, 1.165) is 0 Å². The lowest BCUT2D eigenvalue weighted by Crippen LogP contribution is -2.41. The maximum Gasteiger partial charge on any atom is 0.390 e. The molecule has 0 saturated carbocycles. The summed E-state index contributed by atoms with van der Waals surface area (Å²) >= 11 is 0. The van der Waals surface area contributed by atoms with Crippen LogP contribution >= 0.6 is 0 Å². The van der Waals surface area contributed by atoms with Crippen LogP contribution in [0.4, 0.5) is 13.2 Å². The van der Waals surface area contributed by atoms with E-state index in [4.69, 9.17) is 9.47 Å². The molecule has 1 unspecified atom stereocenters. The summed E-state index contributed by atoms with van der Waals surface area (Å²) in [6.45, 7) is 1.57. The van der Waals surface area contributed by atoms with Crippen molar-refractivity contribution in [3.8, 4) is 0 Å². The molecule has 0 radical (unpaired) electrons. The number of nitrogens with one attached hydrogen (secondary N) is 1. The van der Waals surface area contributed by atoms with Crippen molar-refractivity contribution in [2.24, 2.45) is 0 Å². The van der Waals surface area contributed by atoms with E-state index in [1.807, 2.05) is 0 Å². The Morgan fingerprint density at radius 2 is 1.71 bits per heavy atom. The van der Waals surface area contributed by atoms with Gasteiger partial charge >= 0.3 is 6.18 Å². The fourth-order valence-corrected chi connectivity index (χ4v) is 1.04. The summed E-state index contributed by atoms with van der Waals surface area (Å²) < 4.78 is 45.1. The van der Waals surface area contributed by atoms with Gasteiger partial charge in [-0.2, -0.15) is 13.2 Å². The molecule has 1 N–H and O–H groups in total. The largest absolute Gasteiger partial charge is 0.390 e. The van der Waals surface area contributed by atoms with Crippen LogP contribution in [0.2, 0.25) is 0 Å². The molecule has 1 atom stereocenters. The first-order valence-electron chi connectivity index (χ1n) is 4.26. The van der Waals surface area contributed by atoms with Gasteiger partial charge in [-0.25, -0.2) is 0 Å². The van der Waals surface area contributed by atoms with E-state index in [9.17, 15) is 13.2 Å². The third kappa shape index (κ3) is 6.17. The van der Waals surface area contributed by atoms with E-state index in [2.05, 4.69) is 5.32 Å². The zero-order valence-corrected chi connectivity index (χ0v) is 8.52. The Kier molecular flexibility index (Phi) is 6.06. The van der Waals surface area contributed by atoms with Gasteiger partial charge in [-0.05, 0) is 6.92 Å². The summed E-state index contributed by atoms with van der Waals surface area (Å²) in [7, 11) is 2.88. The number of methoxy groups -OCH3 is 2. The lowest BCUT2D eigenvalue weighted by Gasteiger charge is -2.22. The smallest absolute Gasteiger partial charge is 0.354 e. The molecule has 0 spiro atoms. The Hall–Kier alpha value is -0.330. The second-order valence-electron chi connectivity index (χ2n) is 2.95. The van der Waals surface area contributed by atoms with E-state index >= 15 is 0 Å². The Bertz CT molecular complexity index is 148. The van der Waals surface area contributed by atoms with E-state index in [1.54, 1.807) is 6.92 Å². The van der Waals surface area contributed by atoms with Crippen molar-refractivity contribution >= 4 is 0 Å². The van der Waals surface area contributed by atoms with Crippen molar-refractivity contribution in [2.45, 2.75) is 31.9 Å². The van der Waals surface area contributed by atoms with E-state index in [-0.39, 0.29) is 12.6 Å². The molecule has 0 bridgehead atoms. The Labute approximate surface area is 81.6 Å².